The molecule has 0 atom stereocenters. The molecule has 0 amide bonds. The Kier molecular flexibility index (Phi) is 24.8. The third kappa shape index (κ3) is 13.5. The molecule has 0 N–H and O–H groups in total. The second-order valence-corrected chi connectivity index (χ2v) is 5.65. The van der Waals surface area contributed by atoms with Gasteiger partial charge in [-0.05, 0) is 25.7 Å². The Bertz CT molecular complexity index is 127. The predicted octanol–water partition coefficient (Wildman–Crippen LogP) is 4.93. The number of rotatable bonds is 12. The summed E-state index contributed by atoms with van der Waals surface area (Å²) in [7, 11) is 0. The molecule has 0 radical (unpaired) electrons. The molecule has 0 aliphatic carbocycles. The van der Waals surface area contributed by atoms with Crippen molar-refractivity contribution < 1.29 is 4.48 Å². The van der Waals surface area contributed by atoms with E-state index >= 15 is 0 Å². The molecule has 1 nitrogen and oxygen atoms in total. The van der Waals surface area contributed by atoms with E-state index in [9.17, 15) is 0 Å². The number of nitrogens with zero attached hydrogens (tertiary/aromatic N) is 1. The van der Waals surface area contributed by atoms with Gasteiger partial charge in [-0.15, -0.1) is 17.0 Å². The zero-order chi connectivity index (χ0) is 13.0. The van der Waals surface area contributed by atoms with Gasteiger partial charge in [-0.3, -0.25) is 0 Å². The predicted molar refractivity (Wildman–Crippen MR) is 96.8 cm³/mol. The normalized spacial score (nSPS) is 10.7. The van der Waals surface area contributed by atoms with E-state index in [-0.39, 0.29) is 68.4 Å². The van der Waals surface area contributed by atoms with E-state index in [0.717, 1.165) is 0 Å². The topological polar surface area (TPSA) is 0 Å². The van der Waals surface area contributed by atoms with Crippen LogP contribution in [-0.2, 0) is 0 Å². The minimum atomic E-state index is 0. The van der Waals surface area contributed by atoms with E-state index in [4.69, 9.17) is 0 Å². The fraction of sp³-hybridized carbons (Fsp3) is 1.00. The van der Waals surface area contributed by atoms with Crippen molar-refractivity contribution in [3.05, 3.63) is 0 Å². The quantitative estimate of drug-likeness (QED) is 0.341. The van der Waals surface area contributed by atoms with E-state index in [1.165, 1.54) is 82.0 Å². The van der Waals surface area contributed by atoms with Crippen LogP contribution >= 0.6 is 17.0 Å². The van der Waals surface area contributed by atoms with E-state index in [1.807, 2.05) is 0 Å². The Morgan fingerprint density at radius 1 is 0.526 bits per heavy atom. The van der Waals surface area contributed by atoms with E-state index < -0.39 is 0 Å². The average molecular weight is 363 g/mol. The first-order valence-corrected chi connectivity index (χ1v) is 8.09. The molecule has 0 aliphatic heterocycles. The van der Waals surface area contributed by atoms with Crippen molar-refractivity contribution in [2.24, 2.45) is 0 Å². The molecule has 0 spiro atoms. The van der Waals surface area contributed by atoms with Crippen molar-refractivity contribution in [2.45, 2.75) is 79.1 Å². The fourth-order valence-electron chi connectivity index (χ4n) is 2.64. The van der Waals surface area contributed by atoms with Crippen molar-refractivity contribution in [3.63, 3.8) is 0 Å². The third-order valence-corrected chi connectivity index (χ3v) is 3.94. The van der Waals surface area contributed by atoms with Crippen LogP contribution in [0.5, 0.6) is 0 Å². The molecule has 0 aromatic rings. The van der Waals surface area contributed by atoms with Crippen molar-refractivity contribution >= 4 is 68.4 Å². The van der Waals surface area contributed by atoms with Crippen LogP contribution in [0.25, 0.3) is 0 Å². The van der Waals surface area contributed by atoms with E-state index in [2.05, 4.69) is 27.7 Å². The fourth-order valence-corrected chi connectivity index (χ4v) is 2.64. The van der Waals surface area contributed by atoms with Gasteiger partial charge in [-0.1, -0.05) is 53.4 Å². The van der Waals surface area contributed by atoms with Crippen molar-refractivity contribution in [1.82, 2.24) is 0 Å². The molecule has 19 heavy (non-hydrogen) atoms. The molecule has 0 saturated carbocycles. The summed E-state index contributed by atoms with van der Waals surface area (Å²) in [4.78, 5) is 0. The molecule has 0 fully saturated rings. The Morgan fingerprint density at radius 3 is 0.895 bits per heavy atom. The van der Waals surface area contributed by atoms with Gasteiger partial charge in [0.15, 0.2) is 0 Å². The van der Waals surface area contributed by atoms with E-state index in [1.54, 1.807) is 0 Å². The Hall–Kier alpha value is 2.08. The SMILES string of the molecule is Br.CCCC[N+](CCCC)(CCCC)CCCC.[KH]. The summed E-state index contributed by atoms with van der Waals surface area (Å²) in [6.07, 6.45) is 11.1. The number of quaternary nitrogens is 1. The summed E-state index contributed by atoms with van der Waals surface area (Å²) in [6.45, 7) is 15.0. The van der Waals surface area contributed by atoms with Crippen LogP contribution in [0.1, 0.15) is 79.1 Å². The number of halogens is 1. The molecule has 0 bridgehead atoms. The standard InChI is InChI=1S/C16H36N.BrH.K.H/c1-5-9-13-17(14-10-6-2,15-11-7-3)16-12-8-4;;;/h5-16H2,1-4H3;1H;;/q+1;;;. The molecule has 0 aliphatic rings. The van der Waals surface area contributed by atoms with Crippen LogP contribution in [0.3, 0.4) is 0 Å². The maximum absolute atomic E-state index is 2.33. The molecular weight excluding hydrogens is 325 g/mol. The van der Waals surface area contributed by atoms with Gasteiger partial charge in [0.05, 0.1) is 26.2 Å². The van der Waals surface area contributed by atoms with Gasteiger partial charge in [0.25, 0.3) is 0 Å². The van der Waals surface area contributed by atoms with Crippen molar-refractivity contribution in [2.75, 3.05) is 26.2 Å². The van der Waals surface area contributed by atoms with Crippen LogP contribution in [0.15, 0.2) is 0 Å². The van der Waals surface area contributed by atoms with Gasteiger partial charge >= 0.3 is 51.4 Å². The Labute approximate surface area is 176 Å². The van der Waals surface area contributed by atoms with Crippen LogP contribution in [-0.4, -0.2) is 82.0 Å². The van der Waals surface area contributed by atoms with Crippen LogP contribution in [0.4, 0.5) is 0 Å². The Balaban J connectivity index is -0.00000128. The second kappa shape index (κ2) is 18.1. The van der Waals surface area contributed by atoms with Crippen LogP contribution in [0, 0.1) is 0 Å². The molecule has 0 aromatic carbocycles. The second-order valence-electron chi connectivity index (χ2n) is 5.65. The van der Waals surface area contributed by atoms with Gasteiger partial charge in [0.1, 0.15) is 0 Å². The number of hydrogen-bond donors (Lipinski definition) is 0. The molecule has 0 aromatic heterocycles. The van der Waals surface area contributed by atoms with Gasteiger partial charge in [0, 0.05) is 0 Å². The number of unbranched alkanes of at least 4 members (excludes halogenated alkanes) is 4. The maximum atomic E-state index is 2.33. The van der Waals surface area contributed by atoms with Gasteiger partial charge in [-0.25, -0.2) is 0 Å². The minimum absolute atomic E-state index is 0. The molecule has 0 unspecified atom stereocenters. The summed E-state index contributed by atoms with van der Waals surface area (Å²) in [6, 6.07) is 0. The summed E-state index contributed by atoms with van der Waals surface area (Å²) in [5.74, 6) is 0. The van der Waals surface area contributed by atoms with E-state index in [0.29, 0.717) is 0 Å². The molecule has 114 valence electrons. The monoisotopic (exact) mass is 362 g/mol. The molecule has 0 rings (SSSR count). The first-order valence-electron chi connectivity index (χ1n) is 8.09. The van der Waals surface area contributed by atoms with Crippen LogP contribution in [0.2, 0.25) is 0 Å². The Morgan fingerprint density at radius 2 is 0.737 bits per heavy atom. The van der Waals surface area contributed by atoms with Crippen molar-refractivity contribution in [1.29, 1.82) is 0 Å². The summed E-state index contributed by atoms with van der Waals surface area (Å²) < 4.78 is 1.42. The summed E-state index contributed by atoms with van der Waals surface area (Å²) in [5.41, 5.74) is 0. The first kappa shape index (κ1) is 26.0. The number of hydrogen-bond acceptors (Lipinski definition) is 0. The first-order chi connectivity index (χ1) is 8.24. The van der Waals surface area contributed by atoms with Gasteiger partial charge in [-0.2, -0.15) is 0 Å². The van der Waals surface area contributed by atoms with Gasteiger partial charge < -0.3 is 4.48 Å². The van der Waals surface area contributed by atoms with Crippen LogP contribution < -0.4 is 0 Å². The molecular formula is C16H38BrKN+. The average Bonchev–Trinajstić information content (AvgIpc) is 2.37. The summed E-state index contributed by atoms with van der Waals surface area (Å²) >= 11 is 0. The third-order valence-electron chi connectivity index (χ3n) is 3.94. The molecule has 3 heteroatoms. The zero-order valence-electron chi connectivity index (χ0n) is 13.3. The molecule has 0 saturated heterocycles. The van der Waals surface area contributed by atoms with Crippen molar-refractivity contribution in [3.8, 4) is 0 Å². The molecule has 0 heterocycles. The zero-order valence-corrected chi connectivity index (χ0v) is 15.1. The van der Waals surface area contributed by atoms with Gasteiger partial charge in [0.2, 0.25) is 0 Å². The summed E-state index contributed by atoms with van der Waals surface area (Å²) in [5, 5.41) is 0.